The Kier molecular flexibility index (Phi) is 5.36. The van der Waals surface area contributed by atoms with Crippen LogP contribution in [0, 0.1) is 0 Å². The first kappa shape index (κ1) is 15.8. The van der Waals surface area contributed by atoms with Crippen molar-refractivity contribution >= 4 is 22.5 Å². The van der Waals surface area contributed by atoms with Crippen molar-refractivity contribution < 1.29 is 19.1 Å². The minimum Gasteiger partial charge on any atom is -0.494 e. The maximum atomic E-state index is 11.9. The standard InChI is InChI=1S/C17H19NO4/c1-4-10-22-13-9-8-12-6-5-7-14(15(12)11-13)16(18-21-3)17(19)20-2/h5-9,11H,4,10H2,1-3H3. The van der Waals surface area contributed by atoms with Gasteiger partial charge in [0.2, 0.25) is 0 Å². The highest BCUT2D eigenvalue weighted by Crippen LogP contribution is 2.25. The van der Waals surface area contributed by atoms with Crippen molar-refractivity contribution in [3.8, 4) is 5.75 Å². The fourth-order valence-corrected chi connectivity index (χ4v) is 2.15. The average Bonchev–Trinajstić information content (AvgIpc) is 2.56. The molecule has 2 rings (SSSR count). The van der Waals surface area contributed by atoms with Gasteiger partial charge in [-0.25, -0.2) is 4.79 Å². The summed E-state index contributed by atoms with van der Waals surface area (Å²) in [7, 11) is 2.71. The SMILES string of the molecule is CCCOc1ccc2cccc(C(=NOC)C(=O)OC)c2c1. The Hall–Kier alpha value is -2.56. The number of methoxy groups -OCH3 is 1. The number of nitrogens with zero attached hydrogens (tertiary/aromatic N) is 1. The van der Waals surface area contributed by atoms with E-state index in [1.165, 1.54) is 14.2 Å². The van der Waals surface area contributed by atoms with Gasteiger partial charge in [0.15, 0.2) is 5.71 Å². The molecule has 0 saturated heterocycles. The fourth-order valence-electron chi connectivity index (χ4n) is 2.15. The molecule has 0 saturated carbocycles. The highest BCUT2D eigenvalue weighted by Gasteiger charge is 2.18. The first-order chi connectivity index (χ1) is 10.7. The van der Waals surface area contributed by atoms with Gasteiger partial charge in [-0.15, -0.1) is 0 Å². The third-order valence-electron chi connectivity index (χ3n) is 3.14. The lowest BCUT2D eigenvalue weighted by atomic mass is 10.0. The third-order valence-corrected chi connectivity index (χ3v) is 3.14. The van der Waals surface area contributed by atoms with Crippen LogP contribution in [-0.2, 0) is 14.4 Å². The molecule has 0 atom stereocenters. The van der Waals surface area contributed by atoms with Crippen molar-refractivity contribution in [1.29, 1.82) is 0 Å². The van der Waals surface area contributed by atoms with Crippen LogP contribution in [0.25, 0.3) is 10.8 Å². The number of hydrogen-bond acceptors (Lipinski definition) is 5. The maximum Gasteiger partial charge on any atom is 0.360 e. The summed E-state index contributed by atoms with van der Waals surface area (Å²) in [5, 5.41) is 5.65. The van der Waals surface area contributed by atoms with Gasteiger partial charge in [-0.1, -0.05) is 36.3 Å². The summed E-state index contributed by atoms with van der Waals surface area (Å²) in [5.41, 5.74) is 0.774. The summed E-state index contributed by atoms with van der Waals surface area (Å²) in [4.78, 5) is 16.7. The van der Waals surface area contributed by atoms with Crippen LogP contribution in [0.5, 0.6) is 5.75 Å². The van der Waals surface area contributed by atoms with Crippen molar-refractivity contribution in [3.05, 3.63) is 42.0 Å². The summed E-state index contributed by atoms with van der Waals surface area (Å²) >= 11 is 0. The fraction of sp³-hybridized carbons (Fsp3) is 0.294. The molecule has 0 unspecified atom stereocenters. The van der Waals surface area contributed by atoms with Crippen molar-refractivity contribution in [2.24, 2.45) is 5.16 Å². The van der Waals surface area contributed by atoms with Crippen LogP contribution >= 0.6 is 0 Å². The molecule has 0 aliphatic carbocycles. The molecule has 0 amide bonds. The van der Waals surface area contributed by atoms with Crippen LogP contribution in [-0.4, -0.2) is 32.5 Å². The van der Waals surface area contributed by atoms with E-state index >= 15 is 0 Å². The second-order valence-corrected chi connectivity index (χ2v) is 4.65. The van der Waals surface area contributed by atoms with Gasteiger partial charge in [0.1, 0.15) is 12.9 Å². The summed E-state index contributed by atoms with van der Waals surface area (Å²) < 4.78 is 10.4. The molecule has 2 aromatic rings. The third kappa shape index (κ3) is 3.36. The van der Waals surface area contributed by atoms with Gasteiger partial charge in [0, 0.05) is 5.56 Å². The number of carbonyl (C=O) groups is 1. The van der Waals surface area contributed by atoms with Crippen LogP contribution in [0.1, 0.15) is 18.9 Å². The van der Waals surface area contributed by atoms with Crippen molar-refractivity contribution in [3.63, 3.8) is 0 Å². The van der Waals surface area contributed by atoms with E-state index in [4.69, 9.17) is 14.3 Å². The topological polar surface area (TPSA) is 57.1 Å². The Bertz CT molecular complexity index is 694. The lowest BCUT2D eigenvalue weighted by Crippen LogP contribution is -2.18. The van der Waals surface area contributed by atoms with E-state index in [0.717, 1.165) is 22.9 Å². The molecule has 2 aromatic carbocycles. The minimum absolute atomic E-state index is 0.128. The van der Waals surface area contributed by atoms with Gasteiger partial charge in [0.05, 0.1) is 13.7 Å². The van der Waals surface area contributed by atoms with Gasteiger partial charge in [-0.3, -0.25) is 0 Å². The van der Waals surface area contributed by atoms with Crippen LogP contribution in [0.3, 0.4) is 0 Å². The molecule has 0 N–H and O–H groups in total. The molecule has 0 radical (unpaired) electrons. The van der Waals surface area contributed by atoms with Gasteiger partial charge in [-0.05, 0) is 29.3 Å². The Morgan fingerprint density at radius 2 is 2.00 bits per heavy atom. The predicted octanol–water partition coefficient (Wildman–Crippen LogP) is 3.15. The largest absolute Gasteiger partial charge is 0.494 e. The number of carbonyl (C=O) groups excluding carboxylic acids is 1. The Balaban J connectivity index is 2.56. The van der Waals surface area contributed by atoms with E-state index < -0.39 is 5.97 Å². The molecule has 0 aliphatic rings. The zero-order chi connectivity index (χ0) is 15.9. The smallest absolute Gasteiger partial charge is 0.360 e. The Morgan fingerprint density at radius 3 is 2.68 bits per heavy atom. The lowest BCUT2D eigenvalue weighted by molar-refractivity contribution is -0.132. The molecular formula is C17H19NO4. The Labute approximate surface area is 129 Å². The zero-order valence-electron chi connectivity index (χ0n) is 13.0. The zero-order valence-corrected chi connectivity index (χ0v) is 13.0. The predicted molar refractivity (Wildman–Crippen MR) is 85.3 cm³/mol. The Morgan fingerprint density at radius 1 is 1.18 bits per heavy atom. The first-order valence-corrected chi connectivity index (χ1v) is 7.06. The van der Waals surface area contributed by atoms with Crippen LogP contribution in [0.15, 0.2) is 41.6 Å². The van der Waals surface area contributed by atoms with Gasteiger partial charge in [0.25, 0.3) is 0 Å². The minimum atomic E-state index is -0.547. The molecule has 0 spiro atoms. The van der Waals surface area contributed by atoms with E-state index in [9.17, 15) is 4.79 Å². The molecule has 0 bridgehead atoms. The van der Waals surface area contributed by atoms with Crippen LogP contribution < -0.4 is 4.74 Å². The number of oxime groups is 1. The van der Waals surface area contributed by atoms with E-state index in [2.05, 4.69) is 5.16 Å². The van der Waals surface area contributed by atoms with E-state index in [1.807, 2.05) is 37.3 Å². The van der Waals surface area contributed by atoms with Crippen molar-refractivity contribution in [2.45, 2.75) is 13.3 Å². The molecule has 22 heavy (non-hydrogen) atoms. The summed E-state index contributed by atoms with van der Waals surface area (Å²) in [6, 6.07) is 11.4. The summed E-state index contributed by atoms with van der Waals surface area (Å²) in [5.74, 6) is 0.206. The van der Waals surface area contributed by atoms with E-state index in [0.29, 0.717) is 12.2 Å². The quantitative estimate of drug-likeness (QED) is 0.467. The number of hydrogen-bond donors (Lipinski definition) is 0. The molecule has 0 heterocycles. The molecule has 5 heteroatoms. The van der Waals surface area contributed by atoms with Crippen molar-refractivity contribution in [1.82, 2.24) is 0 Å². The van der Waals surface area contributed by atoms with Gasteiger partial charge >= 0.3 is 5.97 Å². The van der Waals surface area contributed by atoms with E-state index in [-0.39, 0.29) is 5.71 Å². The van der Waals surface area contributed by atoms with Gasteiger partial charge < -0.3 is 14.3 Å². The number of benzene rings is 2. The normalized spacial score (nSPS) is 11.3. The monoisotopic (exact) mass is 301 g/mol. The second-order valence-electron chi connectivity index (χ2n) is 4.65. The molecule has 0 aromatic heterocycles. The van der Waals surface area contributed by atoms with Crippen molar-refractivity contribution in [2.75, 3.05) is 20.8 Å². The highest BCUT2D eigenvalue weighted by molar-refractivity contribution is 6.45. The van der Waals surface area contributed by atoms with Crippen LogP contribution in [0.2, 0.25) is 0 Å². The lowest BCUT2D eigenvalue weighted by Gasteiger charge is -2.10. The molecule has 0 aliphatic heterocycles. The average molecular weight is 301 g/mol. The maximum absolute atomic E-state index is 11.9. The highest BCUT2D eigenvalue weighted by atomic mass is 16.6. The number of esters is 1. The number of fused-ring (bicyclic) bond motifs is 1. The molecule has 5 nitrogen and oxygen atoms in total. The second kappa shape index (κ2) is 7.45. The summed E-state index contributed by atoms with van der Waals surface area (Å²) in [6.45, 7) is 2.69. The molecule has 116 valence electrons. The summed E-state index contributed by atoms with van der Waals surface area (Å²) in [6.07, 6.45) is 0.929. The number of rotatable bonds is 6. The van der Waals surface area contributed by atoms with E-state index in [1.54, 1.807) is 6.07 Å². The van der Waals surface area contributed by atoms with Crippen LogP contribution in [0.4, 0.5) is 0 Å². The molecule has 0 fully saturated rings. The molecular weight excluding hydrogens is 282 g/mol. The first-order valence-electron chi connectivity index (χ1n) is 7.06. The number of ether oxygens (including phenoxy) is 2. The van der Waals surface area contributed by atoms with Gasteiger partial charge in [-0.2, -0.15) is 0 Å².